The van der Waals surface area contributed by atoms with Gasteiger partial charge in [0.05, 0.1) is 18.7 Å². The van der Waals surface area contributed by atoms with Crippen LogP contribution < -0.4 is 15.0 Å². The lowest BCUT2D eigenvalue weighted by Crippen LogP contribution is -2.65. The molecule has 2 bridgehead atoms. The first-order valence-electron chi connectivity index (χ1n) is 8.91. The summed E-state index contributed by atoms with van der Waals surface area (Å²) >= 11 is 0. The van der Waals surface area contributed by atoms with Crippen LogP contribution in [0.15, 0.2) is 36.4 Å². The molecule has 2 aliphatic rings. The summed E-state index contributed by atoms with van der Waals surface area (Å²) in [5.74, 6) is 0.251. The first-order valence-corrected chi connectivity index (χ1v) is 8.91. The number of nitrogens with one attached hydrogen (secondary N) is 1. The second kappa shape index (κ2) is 6.01. The average Bonchev–Trinajstić information content (AvgIpc) is 2.59. The third kappa shape index (κ3) is 2.81. The van der Waals surface area contributed by atoms with Crippen LogP contribution >= 0.6 is 0 Å². The number of carbonyl (C=O) groups is 2. The van der Waals surface area contributed by atoms with Gasteiger partial charge in [-0.1, -0.05) is 6.07 Å². The van der Waals surface area contributed by atoms with Crippen LogP contribution in [0.25, 0.3) is 0 Å². The number of urea groups is 1. The number of methoxy groups -OCH3 is 1. The molecule has 2 amide bonds. The van der Waals surface area contributed by atoms with E-state index in [1.807, 2.05) is 32.9 Å². The molecule has 0 saturated carbocycles. The molecular formula is C21H22N2O4. The second-order valence-corrected chi connectivity index (χ2v) is 7.41. The zero-order chi connectivity index (χ0) is 19.3. The molecule has 0 aromatic heterocycles. The number of fused-ring (bicyclic) bond motifs is 4. The van der Waals surface area contributed by atoms with E-state index in [4.69, 9.17) is 9.47 Å². The van der Waals surface area contributed by atoms with E-state index in [1.165, 1.54) is 7.11 Å². The van der Waals surface area contributed by atoms with Crippen molar-refractivity contribution in [2.75, 3.05) is 12.0 Å². The minimum Gasteiger partial charge on any atom is -0.467 e. The summed E-state index contributed by atoms with van der Waals surface area (Å²) in [4.78, 5) is 26.5. The fourth-order valence-corrected chi connectivity index (χ4v) is 4.09. The summed E-state index contributed by atoms with van der Waals surface area (Å²) in [6.45, 7) is 5.94. The predicted molar refractivity (Wildman–Crippen MR) is 101 cm³/mol. The first kappa shape index (κ1) is 17.4. The highest BCUT2D eigenvalue weighted by atomic mass is 16.5. The van der Waals surface area contributed by atoms with Crippen LogP contribution in [0.2, 0.25) is 0 Å². The molecule has 1 N–H and O–H groups in total. The van der Waals surface area contributed by atoms with Crippen molar-refractivity contribution in [2.45, 2.75) is 39.0 Å². The number of ether oxygens (including phenoxy) is 2. The molecule has 6 nitrogen and oxygen atoms in total. The minimum atomic E-state index is -0.812. The molecule has 2 aliphatic heterocycles. The van der Waals surface area contributed by atoms with Crippen LogP contribution in [-0.4, -0.2) is 24.8 Å². The summed E-state index contributed by atoms with van der Waals surface area (Å²) in [6, 6.07) is 10.8. The summed E-state index contributed by atoms with van der Waals surface area (Å²) in [6.07, 6.45) is 0.573. The third-order valence-corrected chi connectivity index (χ3v) is 5.16. The van der Waals surface area contributed by atoms with Gasteiger partial charge in [-0.2, -0.15) is 0 Å². The van der Waals surface area contributed by atoms with Crippen molar-refractivity contribution in [2.24, 2.45) is 0 Å². The second-order valence-electron chi connectivity index (χ2n) is 7.41. The Morgan fingerprint density at radius 1 is 1.22 bits per heavy atom. The number of benzene rings is 2. The standard InChI is InChI=1S/C21H22N2O4/c1-12-7-13(2)9-15(8-12)23-20(25)22-17-11-21(23,3)27-18-6-5-14(10-16(17)18)19(24)26-4/h5-10,17H,11H2,1-4H3,(H,22,25)/t17-,21+/m1/s1. The number of esters is 1. The maximum Gasteiger partial charge on any atom is 0.337 e. The molecule has 1 fully saturated rings. The van der Waals surface area contributed by atoms with Gasteiger partial charge >= 0.3 is 12.0 Å². The van der Waals surface area contributed by atoms with Crippen molar-refractivity contribution in [1.82, 2.24) is 5.32 Å². The molecule has 2 aromatic rings. The molecule has 0 radical (unpaired) electrons. The van der Waals surface area contributed by atoms with E-state index < -0.39 is 11.7 Å². The van der Waals surface area contributed by atoms with Gasteiger partial charge in [0, 0.05) is 17.7 Å². The largest absolute Gasteiger partial charge is 0.467 e. The molecule has 0 aliphatic carbocycles. The molecular weight excluding hydrogens is 344 g/mol. The van der Waals surface area contributed by atoms with Crippen LogP contribution in [0.1, 0.15) is 46.4 Å². The average molecular weight is 366 g/mol. The highest BCUT2D eigenvalue weighted by Crippen LogP contribution is 2.46. The monoisotopic (exact) mass is 366 g/mol. The Bertz CT molecular complexity index is 935. The minimum absolute atomic E-state index is 0.215. The Morgan fingerprint density at radius 2 is 1.93 bits per heavy atom. The molecule has 27 heavy (non-hydrogen) atoms. The Labute approximate surface area is 158 Å². The lowest BCUT2D eigenvalue weighted by Gasteiger charge is -2.50. The number of hydrogen-bond acceptors (Lipinski definition) is 4. The maximum atomic E-state index is 13.0. The van der Waals surface area contributed by atoms with E-state index in [1.54, 1.807) is 23.1 Å². The van der Waals surface area contributed by atoms with Gasteiger partial charge in [-0.3, -0.25) is 4.90 Å². The van der Waals surface area contributed by atoms with Crippen LogP contribution in [0, 0.1) is 13.8 Å². The van der Waals surface area contributed by atoms with E-state index in [0.29, 0.717) is 17.7 Å². The van der Waals surface area contributed by atoms with Gasteiger partial charge in [-0.05, 0) is 62.2 Å². The van der Waals surface area contributed by atoms with Gasteiger partial charge in [-0.15, -0.1) is 0 Å². The van der Waals surface area contributed by atoms with Crippen molar-refractivity contribution < 1.29 is 19.1 Å². The predicted octanol–water partition coefficient (Wildman–Crippen LogP) is 3.86. The smallest absolute Gasteiger partial charge is 0.337 e. The van der Waals surface area contributed by atoms with Gasteiger partial charge < -0.3 is 14.8 Å². The number of anilines is 1. The van der Waals surface area contributed by atoms with E-state index in [0.717, 1.165) is 22.4 Å². The summed E-state index contributed by atoms with van der Waals surface area (Å²) in [7, 11) is 1.35. The summed E-state index contributed by atoms with van der Waals surface area (Å²) < 4.78 is 11.1. The molecule has 140 valence electrons. The normalized spacial score (nSPS) is 23.2. The third-order valence-electron chi connectivity index (χ3n) is 5.16. The van der Waals surface area contributed by atoms with Crippen molar-refractivity contribution in [1.29, 1.82) is 0 Å². The van der Waals surface area contributed by atoms with Gasteiger partial charge in [0.25, 0.3) is 0 Å². The fraction of sp³-hybridized carbons (Fsp3) is 0.333. The molecule has 4 rings (SSSR count). The van der Waals surface area contributed by atoms with Crippen molar-refractivity contribution >= 4 is 17.7 Å². The number of nitrogens with zero attached hydrogens (tertiary/aromatic N) is 1. The maximum absolute atomic E-state index is 13.0. The highest BCUT2D eigenvalue weighted by molar-refractivity contribution is 5.95. The lowest BCUT2D eigenvalue weighted by molar-refractivity contribution is 0.0377. The van der Waals surface area contributed by atoms with Crippen molar-refractivity contribution in [3.63, 3.8) is 0 Å². The number of carbonyl (C=O) groups excluding carboxylic acids is 2. The summed E-state index contributed by atoms with van der Waals surface area (Å²) in [5, 5.41) is 3.06. The number of rotatable bonds is 2. The highest BCUT2D eigenvalue weighted by Gasteiger charge is 2.50. The Kier molecular flexibility index (Phi) is 3.87. The molecule has 2 heterocycles. The topological polar surface area (TPSA) is 67.9 Å². The molecule has 0 unspecified atom stereocenters. The van der Waals surface area contributed by atoms with E-state index >= 15 is 0 Å². The Hall–Kier alpha value is -3.02. The zero-order valence-corrected chi connectivity index (χ0v) is 15.8. The quantitative estimate of drug-likeness (QED) is 0.820. The van der Waals surface area contributed by atoms with Gasteiger partial charge in [0.1, 0.15) is 5.75 Å². The van der Waals surface area contributed by atoms with Crippen LogP contribution in [0.3, 0.4) is 0 Å². The van der Waals surface area contributed by atoms with E-state index in [-0.39, 0.29) is 12.1 Å². The molecule has 2 aromatic carbocycles. The van der Waals surface area contributed by atoms with E-state index in [9.17, 15) is 9.59 Å². The van der Waals surface area contributed by atoms with Crippen molar-refractivity contribution in [3.8, 4) is 5.75 Å². The molecule has 2 atom stereocenters. The SMILES string of the molecule is COC(=O)c1ccc2c(c1)[C@H]1C[C@](C)(O2)N(c2cc(C)cc(C)c2)C(=O)N1. The first-order chi connectivity index (χ1) is 12.8. The van der Waals surface area contributed by atoms with Crippen LogP contribution in [0.5, 0.6) is 5.75 Å². The number of hydrogen-bond donors (Lipinski definition) is 1. The van der Waals surface area contributed by atoms with Crippen LogP contribution in [-0.2, 0) is 4.74 Å². The van der Waals surface area contributed by atoms with E-state index in [2.05, 4.69) is 11.4 Å². The lowest BCUT2D eigenvalue weighted by atomic mass is 9.89. The molecule has 1 saturated heterocycles. The Morgan fingerprint density at radius 3 is 2.59 bits per heavy atom. The zero-order valence-electron chi connectivity index (χ0n) is 15.8. The summed E-state index contributed by atoms with van der Waals surface area (Å²) in [5.41, 5.74) is 3.40. The Balaban J connectivity index is 1.77. The van der Waals surface area contributed by atoms with Gasteiger partial charge in [0.2, 0.25) is 0 Å². The number of amides is 2. The van der Waals surface area contributed by atoms with Crippen LogP contribution in [0.4, 0.5) is 10.5 Å². The van der Waals surface area contributed by atoms with Gasteiger partial charge in [0.15, 0.2) is 5.72 Å². The molecule has 0 spiro atoms. The van der Waals surface area contributed by atoms with Crippen molar-refractivity contribution in [3.05, 3.63) is 58.7 Å². The molecule has 6 heteroatoms. The number of aryl methyl sites for hydroxylation is 2. The van der Waals surface area contributed by atoms with Gasteiger partial charge in [-0.25, -0.2) is 9.59 Å². The fourth-order valence-electron chi connectivity index (χ4n) is 4.09.